The minimum atomic E-state index is -0.557. The predicted molar refractivity (Wildman–Crippen MR) is 111 cm³/mol. The van der Waals surface area contributed by atoms with Gasteiger partial charge in [-0.3, -0.25) is 4.79 Å². The summed E-state index contributed by atoms with van der Waals surface area (Å²) in [5, 5.41) is 3.03. The summed E-state index contributed by atoms with van der Waals surface area (Å²) in [6, 6.07) is 18.0. The van der Waals surface area contributed by atoms with E-state index in [2.05, 4.69) is 29.6 Å². The van der Waals surface area contributed by atoms with Gasteiger partial charge in [0.25, 0.3) is 0 Å². The number of cyclic esters (lactones) is 1. The third-order valence-electron chi connectivity index (χ3n) is 4.79. The fourth-order valence-corrected chi connectivity index (χ4v) is 3.52. The normalized spacial score (nSPS) is 17.5. The van der Waals surface area contributed by atoms with Crippen LogP contribution in [0, 0.1) is 5.92 Å². The number of rotatable bonds is 6. The predicted octanol–water partition coefficient (Wildman–Crippen LogP) is 4.60. The molecule has 2 aromatic rings. The maximum atomic E-state index is 12.4. The molecule has 1 amide bonds. The van der Waals surface area contributed by atoms with E-state index in [1.54, 1.807) is 0 Å². The van der Waals surface area contributed by atoms with Crippen molar-refractivity contribution in [3.05, 3.63) is 71.3 Å². The van der Waals surface area contributed by atoms with Crippen molar-refractivity contribution in [2.75, 3.05) is 6.61 Å². The molecule has 2 aromatic carbocycles. The van der Waals surface area contributed by atoms with Crippen LogP contribution in [0.25, 0.3) is 0 Å². The van der Waals surface area contributed by atoms with Crippen molar-refractivity contribution >= 4 is 12.1 Å². The molecule has 1 aliphatic rings. The number of ether oxygens (including phenoxy) is 2. The third-order valence-corrected chi connectivity index (χ3v) is 4.79. The lowest BCUT2D eigenvalue weighted by Gasteiger charge is -2.24. The topological polar surface area (TPSA) is 64.6 Å². The van der Waals surface area contributed by atoms with E-state index in [0.29, 0.717) is 19.4 Å². The van der Waals surface area contributed by atoms with Gasteiger partial charge >= 0.3 is 12.1 Å². The largest absolute Gasteiger partial charge is 0.465 e. The summed E-state index contributed by atoms with van der Waals surface area (Å²) < 4.78 is 10.6. The number of nitrogens with one attached hydrogen (secondary N) is 1. The lowest BCUT2D eigenvalue weighted by Crippen LogP contribution is -2.35. The van der Waals surface area contributed by atoms with Crippen molar-refractivity contribution in [3.8, 4) is 0 Å². The molecule has 1 fully saturated rings. The SMILES string of the molecule is CC(C)(C)OC(=O)NC(Cc1ccccc1)c1cccc(CC2COC(=O)C2)c1. The fraction of sp³-hybridized carbons (Fsp3) is 0.417. The molecule has 0 spiro atoms. The Balaban J connectivity index is 1.78. The highest BCUT2D eigenvalue weighted by atomic mass is 16.6. The molecule has 0 aliphatic carbocycles. The molecule has 0 saturated carbocycles. The average molecular weight is 395 g/mol. The van der Waals surface area contributed by atoms with Crippen molar-refractivity contribution in [2.45, 2.75) is 51.7 Å². The van der Waals surface area contributed by atoms with E-state index in [9.17, 15) is 9.59 Å². The van der Waals surface area contributed by atoms with Gasteiger partial charge in [-0.2, -0.15) is 0 Å². The first-order valence-electron chi connectivity index (χ1n) is 10.1. The first-order chi connectivity index (χ1) is 13.8. The zero-order chi connectivity index (χ0) is 20.9. The second-order valence-corrected chi connectivity index (χ2v) is 8.59. The molecule has 0 radical (unpaired) electrons. The first kappa shape index (κ1) is 20.9. The quantitative estimate of drug-likeness (QED) is 0.726. The monoisotopic (exact) mass is 395 g/mol. The van der Waals surface area contributed by atoms with Gasteiger partial charge in [-0.15, -0.1) is 0 Å². The van der Waals surface area contributed by atoms with Crippen LogP contribution in [0.15, 0.2) is 54.6 Å². The number of esters is 1. The van der Waals surface area contributed by atoms with Crippen molar-refractivity contribution in [1.29, 1.82) is 0 Å². The van der Waals surface area contributed by atoms with Gasteiger partial charge in [-0.05, 0) is 50.3 Å². The molecular weight excluding hydrogens is 366 g/mol. The number of hydrogen-bond acceptors (Lipinski definition) is 4. The van der Waals surface area contributed by atoms with Crippen LogP contribution in [0.3, 0.4) is 0 Å². The summed E-state index contributed by atoms with van der Waals surface area (Å²) in [6.45, 7) is 6.03. The van der Waals surface area contributed by atoms with Crippen LogP contribution in [-0.2, 0) is 27.1 Å². The molecule has 3 rings (SSSR count). The molecule has 0 aromatic heterocycles. The number of carbonyl (C=O) groups is 2. The molecule has 0 bridgehead atoms. The Kier molecular flexibility index (Phi) is 6.57. The number of alkyl carbamates (subject to hydrolysis) is 1. The summed E-state index contributed by atoms with van der Waals surface area (Å²) in [5.74, 6) is 0.0869. The van der Waals surface area contributed by atoms with Crippen LogP contribution in [0.5, 0.6) is 0 Å². The summed E-state index contributed by atoms with van der Waals surface area (Å²) in [7, 11) is 0. The van der Waals surface area contributed by atoms with E-state index in [4.69, 9.17) is 9.47 Å². The summed E-state index contributed by atoms with van der Waals surface area (Å²) in [5.41, 5.74) is 2.73. The van der Waals surface area contributed by atoms with Crippen molar-refractivity contribution in [3.63, 3.8) is 0 Å². The minimum Gasteiger partial charge on any atom is -0.465 e. The van der Waals surface area contributed by atoms with Gasteiger partial charge < -0.3 is 14.8 Å². The van der Waals surface area contributed by atoms with Crippen LogP contribution in [0.4, 0.5) is 4.79 Å². The summed E-state index contributed by atoms with van der Waals surface area (Å²) >= 11 is 0. The smallest absolute Gasteiger partial charge is 0.408 e. The molecule has 2 atom stereocenters. The number of hydrogen-bond donors (Lipinski definition) is 1. The van der Waals surface area contributed by atoms with Gasteiger partial charge in [0, 0.05) is 5.92 Å². The van der Waals surface area contributed by atoms with Gasteiger partial charge in [-0.25, -0.2) is 4.79 Å². The highest BCUT2D eigenvalue weighted by molar-refractivity contribution is 5.71. The second-order valence-electron chi connectivity index (χ2n) is 8.59. The van der Waals surface area contributed by atoms with E-state index >= 15 is 0 Å². The minimum absolute atomic E-state index is 0.125. The zero-order valence-electron chi connectivity index (χ0n) is 17.3. The van der Waals surface area contributed by atoms with E-state index in [0.717, 1.165) is 23.1 Å². The molecule has 1 N–H and O–H groups in total. The van der Waals surface area contributed by atoms with Crippen LogP contribution in [0.1, 0.15) is 49.9 Å². The lowest BCUT2D eigenvalue weighted by molar-refractivity contribution is -0.137. The van der Waals surface area contributed by atoms with Crippen LogP contribution in [0.2, 0.25) is 0 Å². The van der Waals surface area contributed by atoms with Gasteiger partial charge in [0.05, 0.1) is 19.1 Å². The van der Waals surface area contributed by atoms with E-state index in [1.165, 1.54) is 0 Å². The van der Waals surface area contributed by atoms with Crippen LogP contribution < -0.4 is 5.32 Å². The first-order valence-corrected chi connectivity index (χ1v) is 10.1. The Hall–Kier alpha value is -2.82. The van der Waals surface area contributed by atoms with Crippen molar-refractivity contribution in [1.82, 2.24) is 5.32 Å². The van der Waals surface area contributed by atoms with Crippen LogP contribution in [-0.4, -0.2) is 24.3 Å². The Morgan fingerprint density at radius 3 is 2.52 bits per heavy atom. The fourth-order valence-electron chi connectivity index (χ4n) is 3.52. The Morgan fingerprint density at radius 2 is 1.86 bits per heavy atom. The highest BCUT2D eigenvalue weighted by Gasteiger charge is 2.25. The van der Waals surface area contributed by atoms with E-state index in [1.807, 2.05) is 51.1 Å². The maximum Gasteiger partial charge on any atom is 0.408 e. The maximum absolute atomic E-state index is 12.4. The third kappa shape index (κ3) is 6.63. The summed E-state index contributed by atoms with van der Waals surface area (Å²) in [6.07, 6.45) is 1.48. The molecule has 5 nitrogen and oxygen atoms in total. The zero-order valence-corrected chi connectivity index (χ0v) is 17.3. The van der Waals surface area contributed by atoms with E-state index in [-0.39, 0.29) is 17.9 Å². The molecule has 1 heterocycles. The average Bonchev–Trinajstić information content (AvgIpc) is 3.05. The molecule has 1 aliphatic heterocycles. The lowest BCUT2D eigenvalue weighted by atomic mass is 9.93. The highest BCUT2D eigenvalue weighted by Crippen LogP contribution is 2.24. The summed E-state index contributed by atoms with van der Waals surface area (Å²) in [4.78, 5) is 23.8. The van der Waals surface area contributed by atoms with Gasteiger partial charge in [0.2, 0.25) is 0 Å². The Bertz CT molecular complexity index is 841. The van der Waals surface area contributed by atoms with E-state index < -0.39 is 11.7 Å². The van der Waals surface area contributed by atoms with Gasteiger partial charge in [0.1, 0.15) is 5.60 Å². The number of benzene rings is 2. The van der Waals surface area contributed by atoms with Gasteiger partial charge in [-0.1, -0.05) is 54.6 Å². The van der Waals surface area contributed by atoms with Crippen LogP contribution >= 0.6 is 0 Å². The molecule has 1 saturated heterocycles. The molecule has 5 heteroatoms. The number of carbonyl (C=O) groups excluding carboxylic acids is 2. The van der Waals surface area contributed by atoms with Crippen molar-refractivity contribution < 1.29 is 19.1 Å². The standard InChI is InChI=1S/C24H29NO4/c1-24(2,3)29-23(27)25-21(14-17-8-5-4-6-9-17)20-11-7-10-18(13-20)12-19-15-22(26)28-16-19/h4-11,13,19,21H,12,14-16H2,1-3H3,(H,25,27). The second kappa shape index (κ2) is 9.12. The molecular formula is C24H29NO4. The number of amides is 1. The molecule has 2 unspecified atom stereocenters. The Labute approximate surface area is 172 Å². The molecule has 154 valence electrons. The Morgan fingerprint density at radius 1 is 1.14 bits per heavy atom. The van der Waals surface area contributed by atoms with Crippen molar-refractivity contribution in [2.24, 2.45) is 5.92 Å². The van der Waals surface area contributed by atoms with Gasteiger partial charge in [0.15, 0.2) is 0 Å². The molecule has 29 heavy (non-hydrogen) atoms.